The summed E-state index contributed by atoms with van der Waals surface area (Å²) in [5.74, 6) is 0. The Morgan fingerprint density at radius 2 is 1.61 bits per heavy atom. The molecule has 0 aliphatic carbocycles. The Hall–Kier alpha value is -1.21. The summed E-state index contributed by atoms with van der Waals surface area (Å²) >= 11 is 1.87. The monoisotopic (exact) mass is 256 g/mol. The zero-order valence-electron chi connectivity index (χ0n) is 11.1. The highest BCUT2D eigenvalue weighted by molar-refractivity contribution is 7.99. The molecule has 18 heavy (non-hydrogen) atoms. The molecular weight excluding hydrogens is 236 g/mol. The molecule has 2 rings (SSSR count). The maximum absolute atomic E-state index is 2.24. The predicted octanol–water partition coefficient (Wildman–Crippen LogP) is 5.35. The summed E-state index contributed by atoms with van der Waals surface area (Å²) < 4.78 is 0. The smallest absolute Gasteiger partial charge is 0.0154 e. The van der Waals surface area contributed by atoms with Crippen molar-refractivity contribution in [1.82, 2.24) is 0 Å². The Morgan fingerprint density at radius 3 is 2.28 bits per heavy atom. The number of hydrogen-bond donors (Lipinski definition) is 0. The van der Waals surface area contributed by atoms with Gasteiger partial charge < -0.3 is 0 Å². The van der Waals surface area contributed by atoms with Crippen LogP contribution in [0.1, 0.15) is 31.4 Å². The zero-order valence-corrected chi connectivity index (χ0v) is 12.0. The molecular formula is C17H20S. The van der Waals surface area contributed by atoms with Crippen LogP contribution >= 0.6 is 11.8 Å². The van der Waals surface area contributed by atoms with Crippen molar-refractivity contribution in [2.24, 2.45) is 0 Å². The lowest BCUT2D eigenvalue weighted by Crippen LogP contribution is -1.87. The fraction of sp³-hybridized carbons (Fsp3) is 0.294. The minimum Gasteiger partial charge on any atom is -0.0898 e. The van der Waals surface area contributed by atoms with Crippen LogP contribution in [-0.4, -0.2) is 0 Å². The Kier molecular flexibility index (Phi) is 4.89. The first-order valence-corrected chi connectivity index (χ1v) is 7.49. The summed E-state index contributed by atoms with van der Waals surface area (Å²) in [6.45, 7) is 4.43. The first-order valence-electron chi connectivity index (χ1n) is 6.68. The predicted molar refractivity (Wildman–Crippen MR) is 80.4 cm³/mol. The molecule has 0 atom stereocenters. The van der Waals surface area contributed by atoms with Gasteiger partial charge in [-0.2, -0.15) is 0 Å². The Bertz CT molecular complexity index is 485. The molecule has 94 valence electrons. The van der Waals surface area contributed by atoms with E-state index in [0.717, 1.165) is 12.8 Å². The van der Waals surface area contributed by atoms with E-state index >= 15 is 0 Å². The highest BCUT2D eigenvalue weighted by atomic mass is 32.2. The van der Waals surface area contributed by atoms with Gasteiger partial charge in [0.05, 0.1) is 0 Å². The molecule has 0 amide bonds. The largest absolute Gasteiger partial charge is 0.0898 e. The van der Waals surface area contributed by atoms with E-state index in [0.29, 0.717) is 0 Å². The van der Waals surface area contributed by atoms with E-state index < -0.39 is 0 Å². The van der Waals surface area contributed by atoms with Crippen molar-refractivity contribution >= 4 is 11.8 Å². The van der Waals surface area contributed by atoms with E-state index in [1.807, 2.05) is 11.8 Å². The molecule has 0 N–H and O–H groups in total. The second-order valence-corrected chi connectivity index (χ2v) is 5.57. The molecule has 1 heteroatoms. The van der Waals surface area contributed by atoms with Crippen LogP contribution in [0.15, 0.2) is 58.3 Å². The molecule has 0 aliphatic rings. The van der Waals surface area contributed by atoms with Crippen molar-refractivity contribution in [3.63, 3.8) is 0 Å². The molecule has 0 spiro atoms. The molecule has 0 aliphatic heterocycles. The summed E-state index contributed by atoms with van der Waals surface area (Å²) in [6.07, 6.45) is 3.47. The Balaban J connectivity index is 2.17. The maximum atomic E-state index is 2.24. The lowest BCUT2D eigenvalue weighted by molar-refractivity contribution is 0.900. The lowest BCUT2D eigenvalue weighted by Gasteiger charge is -2.08. The first kappa shape index (κ1) is 13.2. The van der Waals surface area contributed by atoms with Gasteiger partial charge in [0.25, 0.3) is 0 Å². The van der Waals surface area contributed by atoms with Crippen LogP contribution in [-0.2, 0) is 12.8 Å². The van der Waals surface area contributed by atoms with Crippen molar-refractivity contribution in [3.05, 3.63) is 59.7 Å². The first-order chi connectivity index (χ1) is 8.83. The summed E-state index contributed by atoms with van der Waals surface area (Å²) in [4.78, 5) is 2.72. The minimum absolute atomic E-state index is 1.11. The summed E-state index contributed by atoms with van der Waals surface area (Å²) in [7, 11) is 0. The number of hydrogen-bond acceptors (Lipinski definition) is 1. The van der Waals surface area contributed by atoms with Crippen molar-refractivity contribution in [2.45, 2.75) is 42.9 Å². The fourth-order valence-corrected chi connectivity index (χ4v) is 2.97. The van der Waals surface area contributed by atoms with E-state index in [9.17, 15) is 0 Å². The van der Waals surface area contributed by atoms with Crippen molar-refractivity contribution in [1.29, 1.82) is 0 Å². The molecule has 0 radical (unpaired) electrons. The summed E-state index contributed by atoms with van der Waals surface area (Å²) in [6, 6.07) is 17.6. The van der Waals surface area contributed by atoms with Gasteiger partial charge in [-0.25, -0.2) is 0 Å². The van der Waals surface area contributed by atoms with E-state index in [1.165, 1.54) is 27.3 Å². The average molecular weight is 256 g/mol. The van der Waals surface area contributed by atoms with E-state index in [4.69, 9.17) is 0 Å². The second-order valence-electron chi connectivity index (χ2n) is 4.46. The topological polar surface area (TPSA) is 0 Å². The molecule has 0 aromatic heterocycles. The molecule has 0 saturated carbocycles. The van der Waals surface area contributed by atoms with Crippen LogP contribution in [0.2, 0.25) is 0 Å². The fourth-order valence-electron chi connectivity index (χ4n) is 2.00. The molecule has 0 saturated heterocycles. The van der Waals surface area contributed by atoms with Gasteiger partial charge in [-0.15, -0.1) is 0 Å². The SMILES string of the molecule is CCCc1ccccc1Sc1ccc(CC)cc1. The number of rotatable bonds is 5. The molecule has 2 aromatic rings. The van der Waals surface area contributed by atoms with Crippen LogP contribution in [0, 0.1) is 0 Å². The standard InChI is InChI=1S/C17H20S/c1-3-7-15-8-5-6-9-17(15)18-16-12-10-14(4-2)11-13-16/h5-6,8-13H,3-4,7H2,1-2H3. The molecule has 0 heterocycles. The van der Waals surface area contributed by atoms with Gasteiger partial charge in [0.1, 0.15) is 0 Å². The quantitative estimate of drug-likeness (QED) is 0.694. The number of benzene rings is 2. The van der Waals surface area contributed by atoms with Gasteiger partial charge in [0.2, 0.25) is 0 Å². The van der Waals surface area contributed by atoms with Gasteiger partial charge >= 0.3 is 0 Å². The van der Waals surface area contributed by atoms with Crippen LogP contribution < -0.4 is 0 Å². The average Bonchev–Trinajstić information content (AvgIpc) is 2.42. The third-order valence-electron chi connectivity index (χ3n) is 3.05. The summed E-state index contributed by atoms with van der Waals surface area (Å²) in [5.41, 5.74) is 2.87. The highest BCUT2D eigenvalue weighted by Gasteiger charge is 2.03. The van der Waals surface area contributed by atoms with Gasteiger partial charge in [-0.1, -0.05) is 62.4 Å². The Morgan fingerprint density at radius 1 is 0.889 bits per heavy atom. The van der Waals surface area contributed by atoms with Crippen molar-refractivity contribution in [2.75, 3.05) is 0 Å². The van der Waals surface area contributed by atoms with E-state index in [2.05, 4.69) is 62.4 Å². The highest BCUT2D eigenvalue weighted by Crippen LogP contribution is 2.31. The van der Waals surface area contributed by atoms with Crippen molar-refractivity contribution < 1.29 is 0 Å². The maximum Gasteiger partial charge on any atom is 0.0154 e. The van der Waals surface area contributed by atoms with Gasteiger partial charge in [0, 0.05) is 9.79 Å². The molecule has 0 unspecified atom stereocenters. The van der Waals surface area contributed by atoms with Gasteiger partial charge in [-0.3, -0.25) is 0 Å². The molecule has 2 aromatic carbocycles. The van der Waals surface area contributed by atoms with Gasteiger partial charge in [-0.05, 0) is 42.2 Å². The van der Waals surface area contributed by atoms with Crippen LogP contribution in [0.4, 0.5) is 0 Å². The minimum atomic E-state index is 1.11. The summed E-state index contributed by atoms with van der Waals surface area (Å²) in [5, 5.41) is 0. The molecule has 0 bridgehead atoms. The van der Waals surface area contributed by atoms with Gasteiger partial charge in [0.15, 0.2) is 0 Å². The zero-order chi connectivity index (χ0) is 12.8. The normalized spacial score (nSPS) is 10.6. The van der Waals surface area contributed by atoms with Crippen molar-refractivity contribution in [3.8, 4) is 0 Å². The third-order valence-corrected chi connectivity index (χ3v) is 4.18. The lowest BCUT2D eigenvalue weighted by atomic mass is 10.1. The van der Waals surface area contributed by atoms with Crippen LogP contribution in [0.3, 0.4) is 0 Å². The van der Waals surface area contributed by atoms with E-state index in [1.54, 1.807) is 0 Å². The van der Waals surface area contributed by atoms with Crippen LogP contribution in [0.5, 0.6) is 0 Å². The molecule has 0 fully saturated rings. The van der Waals surface area contributed by atoms with Crippen LogP contribution in [0.25, 0.3) is 0 Å². The second kappa shape index (κ2) is 6.65. The van der Waals surface area contributed by atoms with E-state index in [-0.39, 0.29) is 0 Å². The molecule has 0 nitrogen and oxygen atoms in total. The third kappa shape index (κ3) is 3.39. The number of aryl methyl sites for hydroxylation is 2. The Labute approximate surface area is 114 Å².